The molecule has 1 unspecified atom stereocenters. The predicted octanol–water partition coefficient (Wildman–Crippen LogP) is 3.47. The second-order valence-corrected chi connectivity index (χ2v) is 5.01. The number of hydrogen-bond acceptors (Lipinski definition) is 2. The Bertz CT molecular complexity index is 381. The van der Waals surface area contributed by atoms with E-state index in [9.17, 15) is 0 Å². The Kier molecular flexibility index (Phi) is 3.32. The van der Waals surface area contributed by atoms with Crippen LogP contribution < -0.4 is 4.74 Å². The van der Waals surface area contributed by atoms with Crippen LogP contribution in [0, 0.1) is 0 Å². The Hall–Kier alpha value is -1.02. The molecule has 0 aromatic heterocycles. The van der Waals surface area contributed by atoms with Gasteiger partial charge in [-0.05, 0) is 55.7 Å². The molecule has 1 aliphatic heterocycles. The molecule has 2 nitrogen and oxygen atoms in total. The lowest BCUT2D eigenvalue weighted by molar-refractivity contribution is -0.106. The van der Waals surface area contributed by atoms with Crippen molar-refractivity contribution in [2.75, 3.05) is 6.61 Å². The minimum atomic E-state index is -0.0165. The van der Waals surface area contributed by atoms with Crippen molar-refractivity contribution in [3.05, 3.63) is 29.3 Å². The van der Waals surface area contributed by atoms with Crippen molar-refractivity contribution in [2.45, 2.75) is 51.2 Å². The van der Waals surface area contributed by atoms with Crippen molar-refractivity contribution in [1.29, 1.82) is 0 Å². The van der Waals surface area contributed by atoms with Crippen molar-refractivity contribution in [3.8, 4) is 5.75 Å². The van der Waals surface area contributed by atoms with Gasteiger partial charge in [0.05, 0.1) is 6.61 Å². The molecule has 1 saturated heterocycles. The fourth-order valence-corrected chi connectivity index (χ4v) is 2.80. The zero-order valence-corrected chi connectivity index (χ0v) is 10.3. The van der Waals surface area contributed by atoms with E-state index in [4.69, 9.17) is 9.47 Å². The van der Waals surface area contributed by atoms with Gasteiger partial charge in [-0.2, -0.15) is 0 Å². The molecule has 17 heavy (non-hydrogen) atoms. The van der Waals surface area contributed by atoms with Crippen LogP contribution in [0.3, 0.4) is 0 Å². The van der Waals surface area contributed by atoms with E-state index < -0.39 is 0 Å². The Morgan fingerprint density at radius 3 is 2.88 bits per heavy atom. The van der Waals surface area contributed by atoms with Crippen LogP contribution in [0.5, 0.6) is 5.75 Å². The van der Waals surface area contributed by atoms with Gasteiger partial charge >= 0.3 is 0 Å². The lowest BCUT2D eigenvalue weighted by atomic mass is 9.91. The van der Waals surface area contributed by atoms with Crippen LogP contribution >= 0.6 is 0 Å². The first-order chi connectivity index (χ1) is 8.43. The second kappa shape index (κ2) is 5.09. The number of aryl methyl sites for hydroxylation is 1. The molecule has 0 saturated carbocycles. The van der Waals surface area contributed by atoms with Crippen molar-refractivity contribution >= 4 is 0 Å². The molecule has 1 heterocycles. The van der Waals surface area contributed by atoms with Gasteiger partial charge in [-0.3, -0.25) is 0 Å². The summed E-state index contributed by atoms with van der Waals surface area (Å²) in [4.78, 5) is 0. The van der Waals surface area contributed by atoms with Crippen LogP contribution in [-0.4, -0.2) is 12.9 Å². The average molecular weight is 232 g/mol. The molecule has 1 aromatic carbocycles. The first-order valence-corrected chi connectivity index (χ1v) is 6.82. The van der Waals surface area contributed by atoms with E-state index in [0.29, 0.717) is 0 Å². The summed E-state index contributed by atoms with van der Waals surface area (Å²) in [7, 11) is 0. The highest BCUT2D eigenvalue weighted by Gasteiger charge is 2.19. The summed E-state index contributed by atoms with van der Waals surface area (Å²) in [5.74, 6) is 1.06. The maximum Gasteiger partial charge on any atom is 0.199 e. The van der Waals surface area contributed by atoms with Gasteiger partial charge in [0.25, 0.3) is 0 Å². The van der Waals surface area contributed by atoms with E-state index in [-0.39, 0.29) is 6.29 Å². The molecule has 0 spiro atoms. The van der Waals surface area contributed by atoms with Gasteiger partial charge in [-0.15, -0.1) is 0 Å². The van der Waals surface area contributed by atoms with E-state index in [2.05, 4.69) is 18.2 Å². The largest absolute Gasteiger partial charge is 0.465 e. The first kappa shape index (κ1) is 11.1. The summed E-state index contributed by atoms with van der Waals surface area (Å²) in [6.07, 6.45) is 8.39. The third-order valence-corrected chi connectivity index (χ3v) is 3.75. The third-order valence-electron chi connectivity index (χ3n) is 3.75. The number of benzene rings is 1. The molecule has 0 N–H and O–H groups in total. The van der Waals surface area contributed by atoms with E-state index in [1.54, 1.807) is 0 Å². The smallest absolute Gasteiger partial charge is 0.199 e. The molecular formula is C15H20O2. The zero-order valence-electron chi connectivity index (χ0n) is 10.3. The molecule has 0 amide bonds. The number of rotatable bonds is 2. The molecule has 1 aliphatic carbocycles. The van der Waals surface area contributed by atoms with Crippen molar-refractivity contribution in [2.24, 2.45) is 0 Å². The Labute approximate surface area is 103 Å². The SMILES string of the molecule is c1cc2c(c(OC3CCCCO3)c1)CCCC2. The van der Waals surface area contributed by atoms with Crippen LogP contribution in [0.1, 0.15) is 43.2 Å². The summed E-state index contributed by atoms with van der Waals surface area (Å²) < 4.78 is 11.7. The average Bonchev–Trinajstić information content (AvgIpc) is 2.40. The van der Waals surface area contributed by atoms with Crippen molar-refractivity contribution < 1.29 is 9.47 Å². The van der Waals surface area contributed by atoms with Gasteiger partial charge in [0.1, 0.15) is 5.75 Å². The molecular weight excluding hydrogens is 212 g/mol. The van der Waals surface area contributed by atoms with Gasteiger partial charge in [0, 0.05) is 6.42 Å². The molecule has 3 rings (SSSR count). The van der Waals surface area contributed by atoms with Gasteiger partial charge in [0.2, 0.25) is 0 Å². The highest BCUT2D eigenvalue weighted by atomic mass is 16.7. The Morgan fingerprint density at radius 1 is 1.06 bits per heavy atom. The maximum atomic E-state index is 6.03. The van der Waals surface area contributed by atoms with Gasteiger partial charge < -0.3 is 9.47 Å². The molecule has 0 radical (unpaired) electrons. The minimum Gasteiger partial charge on any atom is -0.465 e. The monoisotopic (exact) mass is 232 g/mol. The summed E-state index contributed by atoms with van der Waals surface area (Å²) in [5, 5.41) is 0. The van der Waals surface area contributed by atoms with Crippen LogP contribution in [-0.2, 0) is 17.6 Å². The fraction of sp³-hybridized carbons (Fsp3) is 0.600. The molecule has 92 valence electrons. The third kappa shape index (κ3) is 2.47. The summed E-state index contributed by atoms with van der Waals surface area (Å²) in [6, 6.07) is 6.45. The van der Waals surface area contributed by atoms with Crippen LogP contribution in [0.15, 0.2) is 18.2 Å². The highest BCUT2D eigenvalue weighted by molar-refractivity contribution is 5.41. The second-order valence-electron chi connectivity index (χ2n) is 5.01. The van der Waals surface area contributed by atoms with Gasteiger partial charge in [-0.1, -0.05) is 12.1 Å². The van der Waals surface area contributed by atoms with E-state index in [1.807, 2.05) is 0 Å². The number of fused-ring (bicyclic) bond motifs is 1. The van der Waals surface area contributed by atoms with Crippen LogP contribution in [0.2, 0.25) is 0 Å². The molecule has 1 atom stereocenters. The lowest BCUT2D eigenvalue weighted by Crippen LogP contribution is -2.25. The van der Waals surface area contributed by atoms with Gasteiger partial charge in [-0.25, -0.2) is 0 Å². The number of hydrogen-bond donors (Lipinski definition) is 0. The summed E-state index contributed by atoms with van der Waals surface area (Å²) in [5.41, 5.74) is 2.90. The van der Waals surface area contributed by atoms with Crippen LogP contribution in [0.25, 0.3) is 0 Å². The molecule has 2 heteroatoms. The van der Waals surface area contributed by atoms with Crippen LogP contribution in [0.4, 0.5) is 0 Å². The predicted molar refractivity (Wildman–Crippen MR) is 67.3 cm³/mol. The highest BCUT2D eigenvalue weighted by Crippen LogP contribution is 2.31. The van der Waals surface area contributed by atoms with E-state index in [1.165, 1.54) is 43.2 Å². The standard InChI is InChI=1S/C15H20O2/c1-2-8-13-12(6-1)7-5-9-14(13)17-15-10-3-4-11-16-15/h5,7,9,15H,1-4,6,8,10-11H2. The molecule has 0 bridgehead atoms. The number of ether oxygens (including phenoxy) is 2. The Morgan fingerprint density at radius 2 is 2.00 bits per heavy atom. The summed E-state index contributed by atoms with van der Waals surface area (Å²) in [6.45, 7) is 0.847. The lowest BCUT2D eigenvalue weighted by Gasteiger charge is -2.26. The molecule has 2 aliphatic rings. The maximum absolute atomic E-state index is 6.03. The summed E-state index contributed by atoms with van der Waals surface area (Å²) >= 11 is 0. The Balaban J connectivity index is 1.77. The first-order valence-electron chi connectivity index (χ1n) is 6.82. The van der Waals surface area contributed by atoms with Crippen molar-refractivity contribution in [3.63, 3.8) is 0 Å². The molecule has 1 fully saturated rings. The van der Waals surface area contributed by atoms with E-state index >= 15 is 0 Å². The normalized spacial score (nSPS) is 24.1. The zero-order chi connectivity index (χ0) is 11.5. The molecule has 1 aromatic rings. The van der Waals surface area contributed by atoms with Gasteiger partial charge in [0.15, 0.2) is 6.29 Å². The van der Waals surface area contributed by atoms with E-state index in [0.717, 1.165) is 25.2 Å². The quantitative estimate of drug-likeness (QED) is 0.777. The topological polar surface area (TPSA) is 18.5 Å². The van der Waals surface area contributed by atoms with Crippen molar-refractivity contribution in [1.82, 2.24) is 0 Å². The fourth-order valence-electron chi connectivity index (χ4n) is 2.80. The minimum absolute atomic E-state index is 0.0165.